The van der Waals surface area contributed by atoms with E-state index in [-0.39, 0.29) is 11.9 Å². The number of hydrogen-bond acceptors (Lipinski definition) is 3. The fourth-order valence-electron chi connectivity index (χ4n) is 3.13. The number of nitrogens with one attached hydrogen (secondary N) is 1. The maximum Gasteiger partial charge on any atom is 0.307 e. The fourth-order valence-corrected chi connectivity index (χ4v) is 3.13. The third-order valence-corrected chi connectivity index (χ3v) is 4.64. The number of allylic oxidation sites excluding steroid dienone is 2. The number of hydrogen-bond donors (Lipinski definition) is 2. The van der Waals surface area contributed by atoms with Crippen LogP contribution in [0.4, 0.5) is 0 Å². The number of imidazole rings is 1. The molecule has 6 nitrogen and oxygen atoms in total. The molecule has 1 amide bonds. The predicted molar refractivity (Wildman–Crippen MR) is 93.1 cm³/mol. The van der Waals surface area contributed by atoms with Gasteiger partial charge >= 0.3 is 5.97 Å². The molecule has 0 saturated carbocycles. The lowest BCUT2D eigenvalue weighted by atomic mass is 9.82. The summed E-state index contributed by atoms with van der Waals surface area (Å²) in [6, 6.07) is 7.64. The van der Waals surface area contributed by atoms with Crippen molar-refractivity contribution in [1.82, 2.24) is 14.9 Å². The fraction of sp³-hybridized carbons (Fsp3) is 0.316. The first-order valence-corrected chi connectivity index (χ1v) is 8.32. The van der Waals surface area contributed by atoms with Gasteiger partial charge in [0.1, 0.15) is 0 Å². The van der Waals surface area contributed by atoms with Crippen LogP contribution >= 0.6 is 0 Å². The van der Waals surface area contributed by atoms with Crippen molar-refractivity contribution >= 4 is 11.9 Å². The standard InChI is InChI=1S/C19H21N3O3/c1-13(14-6-8-15(9-7-14)22-11-10-20-12-22)21-18(23)16-4-2-3-5-17(16)19(24)25/h2-3,6-13,16-17H,4-5H2,1H3,(H,21,23)(H,24,25)/t13-,16-,17-/m0/s1. The third-order valence-electron chi connectivity index (χ3n) is 4.64. The number of benzene rings is 1. The molecule has 0 unspecified atom stereocenters. The zero-order valence-electron chi connectivity index (χ0n) is 14.0. The monoisotopic (exact) mass is 339 g/mol. The Balaban J connectivity index is 1.67. The Morgan fingerprint density at radius 1 is 1.20 bits per heavy atom. The Morgan fingerprint density at radius 3 is 2.48 bits per heavy atom. The Labute approximate surface area is 146 Å². The second-order valence-corrected chi connectivity index (χ2v) is 6.29. The van der Waals surface area contributed by atoms with Crippen LogP contribution in [-0.4, -0.2) is 26.5 Å². The van der Waals surface area contributed by atoms with E-state index in [4.69, 9.17) is 0 Å². The van der Waals surface area contributed by atoms with Crippen LogP contribution in [0.15, 0.2) is 55.1 Å². The summed E-state index contributed by atoms with van der Waals surface area (Å²) >= 11 is 0. The highest BCUT2D eigenvalue weighted by Crippen LogP contribution is 2.27. The predicted octanol–water partition coefficient (Wildman–Crippen LogP) is 2.72. The molecule has 1 aromatic heterocycles. The lowest BCUT2D eigenvalue weighted by Crippen LogP contribution is -2.39. The van der Waals surface area contributed by atoms with E-state index in [0.29, 0.717) is 12.8 Å². The average Bonchev–Trinajstić information content (AvgIpc) is 3.16. The van der Waals surface area contributed by atoms with Crippen molar-refractivity contribution in [2.45, 2.75) is 25.8 Å². The number of amides is 1. The molecule has 2 aromatic rings. The van der Waals surface area contributed by atoms with Crippen LogP contribution in [0.25, 0.3) is 5.69 Å². The van der Waals surface area contributed by atoms with Crippen LogP contribution in [0.3, 0.4) is 0 Å². The Bertz CT molecular complexity index is 766. The van der Waals surface area contributed by atoms with E-state index in [2.05, 4.69) is 10.3 Å². The molecule has 1 aliphatic carbocycles. The van der Waals surface area contributed by atoms with Gasteiger partial charge in [0.2, 0.25) is 5.91 Å². The number of rotatable bonds is 5. The SMILES string of the molecule is C[C@H](NC(=O)[C@H]1CC=CC[C@@H]1C(=O)O)c1ccc(-n2ccnc2)cc1. The van der Waals surface area contributed by atoms with E-state index < -0.39 is 17.8 Å². The molecule has 0 fully saturated rings. The lowest BCUT2D eigenvalue weighted by molar-refractivity contribution is -0.147. The average molecular weight is 339 g/mol. The number of carboxylic acid groups (broad SMARTS) is 1. The first kappa shape index (κ1) is 17.0. The molecule has 130 valence electrons. The smallest absolute Gasteiger partial charge is 0.307 e. The summed E-state index contributed by atoms with van der Waals surface area (Å²) in [6.07, 6.45) is 9.89. The number of carbonyl (C=O) groups is 2. The van der Waals surface area contributed by atoms with E-state index in [1.807, 2.05) is 54.1 Å². The molecule has 0 saturated heterocycles. The van der Waals surface area contributed by atoms with Gasteiger partial charge in [-0.2, -0.15) is 0 Å². The summed E-state index contributed by atoms with van der Waals surface area (Å²) in [5.74, 6) is -2.29. The van der Waals surface area contributed by atoms with Crippen molar-refractivity contribution in [1.29, 1.82) is 0 Å². The van der Waals surface area contributed by atoms with Gasteiger partial charge < -0.3 is 15.0 Å². The van der Waals surface area contributed by atoms with Crippen LogP contribution in [0.2, 0.25) is 0 Å². The molecule has 0 radical (unpaired) electrons. The maximum absolute atomic E-state index is 12.5. The second-order valence-electron chi connectivity index (χ2n) is 6.29. The maximum atomic E-state index is 12.5. The van der Waals surface area contributed by atoms with E-state index in [0.717, 1.165) is 11.3 Å². The Morgan fingerprint density at radius 2 is 1.88 bits per heavy atom. The van der Waals surface area contributed by atoms with Crippen molar-refractivity contribution in [3.8, 4) is 5.69 Å². The van der Waals surface area contributed by atoms with Crippen molar-refractivity contribution in [2.75, 3.05) is 0 Å². The number of carboxylic acids is 1. The summed E-state index contributed by atoms with van der Waals surface area (Å²) in [5, 5.41) is 12.3. The molecule has 3 rings (SSSR count). The Kier molecular flexibility index (Phi) is 4.97. The van der Waals surface area contributed by atoms with E-state index in [1.54, 1.807) is 12.5 Å². The quantitative estimate of drug-likeness (QED) is 0.820. The van der Waals surface area contributed by atoms with Gasteiger partial charge in [-0.15, -0.1) is 0 Å². The molecule has 3 atom stereocenters. The molecule has 1 aliphatic rings. The molecular weight excluding hydrogens is 318 g/mol. The summed E-state index contributed by atoms with van der Waals surface area (Å²) in [7, 11) is 0. The highest BCUT2D eigenvalue weighted by Gasteiger charge is 2.34. The first-order chi connectivity index (χ1) is 12.1. The minimum absolute atomic E-state index is 0.190. The largest absolute Gasteiger partial charge is 0.481 e. The summed E-state index contributed by atoms with van der Waals surface area (Å²) in [4.78, 5) is 27.9. The van der Waals surface area contributed by atoms with Crippen LogP contribution in [-0.2, 0) is 9.59 Å². The molecule has 1 heterocycles. The highest BCUT2D eigenvalue weighted by atomic mass is 16.4. The number of aromatic nitrogens is 2. The molecule has 0 spiro atoms. The number of nitrogens with zero attached hydrogens (tertiary/aromatic N) is 2. The zero-order valence-corrected chi connectivity index (χ0v) is 14.0. The molecule has 0 bridgehead atoms. The zero-order chi connectivity index (χ0) is 17.8. The van der Waals surface area contributed by atoms with Gasteiger partial charge in [-0.05, 0) is 37.5 Å². The van der Waals surface area contributed by atoms with E-state index in [9.17, 15) is 14.7 Å². The van der Waals surface area contributed by atoms with Crippen LogP contribution in [0.5, 0.6) is 0 Å². The normalized spacial score (nSPS) is 20.8. The lowest BCUT2D eigenvalue weighted by Gasteiger charge is -2.26. The molecule has 25 heavy (non-hydrogen) atoms. The third kappa shape index (κ3) is 3.79. The van der Waals surface area contributed by atoms with Crippen LogP contribution < -0.4 is 5.32 Å². The van der Waals surface area contributed by atoms with Crippen molar-refractivity contribution in [3.05, 3.63) is 60.7 Å². The van der Waals surface area contributed by atoms with E-state index >= 15 is 0 Å². The number of carbonyl (C=O) groups excluding carboxylic acids is 1. The molecule has 1 aromatic carbocycles. The van der Waals surface area contributed by atoms with Gasteiger partial charge in [-0.1, -0.05) is 24.3 Å². The first-order valence-electron chi connectivity index (χ1n) is 8.32. The van der Waals surface area contributed by atoms with Gasteiger partial charge in [0.15, 0.2) is 0 Å². The molecule has 2 N–H and O–H groups in total. The van der Waals surface area contributed by atoms with Gasteiger partial charge in [-0.25, -0.2) is 4.98 Å². The number of aliphatic carboxylic acids is 1. The second kappa shape index (κ2) is 7.34. The molecular formula is C19H21N3O3. The van der Waals surface area contributed by atoms with Gasteiger partial charge in [0.25, 0.3) is 0 Å². The van der Waals surface area contributed by atoms with E-state index in [1.165, 1.54) is 0 Å². The molecule has 6 heteroatoms. The van der Waals surface area contributed by atoms with Crippen LogP contribution in [0, 0.1) is 11.8 Å². The van der Waals surface area contributed by atoms with Gasteiger partial charge in [-0.3, -0.25) is 9.59 Å². The minimum atomic E-state index is -0.915. The Hall–Kier alpha value is -2.89. The molecule has 0 aliphatic heterocycles. The van der Waals surface area contributed by atoms with Gasteiger partial charge in [0, 0.05) is 18.1 Å². The topological polar surface area (TPSA) is 84.2 Å². The van der Waals surface area contributed by atoms with Crippen molar-refractivity contribution in [3.63, 3.8) is 0 Å². The van der Waals surface area contributed by atoms with Crippen molar-refractivity contribution in [2.24, 2.45) is 11.8 Å². The minimum Gasteiger partial charge on any atom is -0.481 e. The summed E-state index contributed by atoms with van der Waals surface area (Å²) < 4.78 is 1.90. The van der Waals surface area contributed by atoms with Crippen LogP contribution in [0.1, 0.15) is 31.4 Å². The van der Waals surface area contributed by atoms with Crippen molar-refractivity contribution < 1.29 is 14.7 Å². The highest BCUT2D eigenvalue weighted by molar-refractivity contribution is 5.85. The summed E-state index contributed by atoms with van der Waals surface area (Å²) in [5.41, 5.74) is 1.96. The van der Waals surface area contributed by atoms with Gasteiger partial charge in [0.05, 0.1) is 24.2 Å². The summed E-state index contributed by atoms with van der Waals surface area (Å²) in [6.45, 7) is 1.90.